The van der Waals surface area contributed by atoms with Crippen molar-refractivity contribution in [2.75, 3.05) is 26.2 Å². The number of carbonyl (C=O) groups excluding carboxylic acids is 3. The summed E-state index contributed by atoms with van der Waals surface area (Å²) < 4.78 is 0. The fraction of sp³-hybridized carbons (Fsp3) is 0.842. The molecule has 6 nitrogen and oxygen atoms in total. The van der Waals surface area contributed by atoms with Crippen molar-refractivity contribution in [3.63, 3.8) is 0 Å². The van der Waals surface area contributed by atoms with Crippen molar-refractivity contribution in [3.8, 4) is 0 Å². The van der Waals surface area contributed by atoms with Crippen LogP contribution in [0.3, 0.4) is 0 Å². The number of hydrogen-bond donors (Lipinski definition) is 1. The van der Waals surface area contributed by atoms with Gasteiger partial charge in [-0.05, 0) is 38.5 Å². The van der Waals surface area contributed by atoms with Crippen LogP contribution in [-0.2, 0) is 14.4 Å². The van der Waals surface area contributed by atoms with Crippen LogP contribution in [-0.4, -0.2) is 59.7 Å². The summed E-state index contributed by atoms with van der Waals surface area (Å²) in [6.45, 7) is 4.45. The van der Waals surface area contributed by atoms with Gasteiger partial charge in [-0.2, -0.15) is 0 Å². The van der Waals surface area contributed by atoms with Gasteiger partial charge < -0.3 is 15.1 Å². The second-order valence-electron chi connectivity index (χ2n) is 7.87. The van der Waals surface area contributed by atoms with Gasteiger partial charge in [-0.25, -0.2) is 0 Å². The van der Waals surface area contributed by atoms with E-state index in [4.69, 9.17) is 0 Å². The van der Waals surface area contributed by atoms with Crippen molar-refractivity contribution in [3.05, 3.63) is 0 Å². The van der Waals surface area contributed by atoms with Gasteiger partial charge in [0.15, 0.2) is 0 Å². The molecule has 3 amide bonds. The highest BCUT2D eigenvalue weighted by atomic mass is 16.2. The first-order valence-corrected chi connectivity index (χ1v) is 9.89. The molecule has 0 radical (unpaired) electrons. The Balaban J connectivity index is 1.40. The maximum absolute atomic E-state index is 12.7. The van der Waals surface area contributed by atoms with E-state index in [2.05, 4.69) is 5.32 Å². The van der Waals surface area contributed by atoms with Gasteiger partial charge in [0.2, 0.25) is 17.7 Å². The molecule has 3 aliphatic rings. The molecule has 1 saturated carbocycles. The fourth-order valence-corrected chi connectivity index (χ4v) is 4.45. The quantitative estimate of drug-likeness (QED) is 0.840. The highest BCUT2D eigenvalue weighted by Crippen LogP contribution is 2.26. The van der Waals surface area contributed by atoms with Crippen LogP contribution in [0.1, 0.15) is 58.3 Å². The Bertz CT molecular complexity index is 500. The molecule has 0 aromatic rings. The predicted octanol–water partition coefficient (Wildman–Crippen LogP) is 1.54. The highest BCUT2D eigenvalue weighted by molar-refractivity contribution is 5.80. The van der Waals surface area contributed by atoms with E-state index in [1.807, 2.05) is 9.80 Å². The zero-order valence-electron chi connectivity index (χ0n) is 15.3. The first kappa shape index (κ1) is 18.2. The van der Waals surface area contributed by atoms with Gasteiger partial charge >= 0.3 is 0 Å². The van der Waals surface area contributed by atoms with Crippen molar-refractivity contribution in [2.45, 2.75) is 64.3 Å². The zero-order valence-corrected chi connectivity index (χ0v) is 15.3. The zero-order chi connectivity index (χ0) is 17.8. The second-order valence-corrected chi connectivity index (χ2v) is 7.87. The van der Waals surface area contributed by atoms with Crippen LogP contribution in [0.4, 0.5) is 0 Å². The molecular weight excluding hydrogens is 318 g/mol. The van der Waals surface area contributed by atoms with Crippen molar-refractivity contribution in [1.82, 2.24) is 15.1 Å². The van der Waals surface area contributed by atoms with Crippen molar-refractivity contribution >= 4 is 17.7 Å². The van der Waals surface area contributed by atoms with E-state index in [0.29, 0.717) is 13.1 Å². The molecule has 2 aliphatic heterocycles. The van der Waals surface area contributed by atoms with Crippen LogP contribution in [0, 0.1) is 11.8 Å². The summed E-state index contributed by atoms with van der Waals surface area (Å²) in [6.07, 6.45) is 7.67. The van der Waals surface area contributed by atoms with E-state index in [0.717, 1.165) is 51.6 Å². The minimum atomic E-state index is 0.0558. The van der Waals surface area contributed by atoms with Crippen LogP contribution in [0.25, 0.3) is 0 Å². The summed E-state index contributed by atoms with van der Waals surface area (Å²) >= 11 is 0. The molecule has 0 unspecified atom stereocenters. The molecule has 0 aromatic carbocycles. The average Bonchev–Trinajstić information content (AvgIpc) is 3.17. The first-order valence-electron chi connectivity index (χ1n) is 9.89. The third-order valence-electron chi connectivity index (χ3n) is 6.17. The number of nitrogens with one attached hydrogen (secondary N) is 1. The Hall–Kier alpha value is -1.59. The molecule has 2 saturated heterocycles. The van der Waals surface area contributed by atoms with E-state index in [1.165, 1.54) is 12.8 Å². The standard InChI is InChI=1S/C19H31N3O3/c1-14(23)21-10-6-16(7-11-21)19(25)22-12-8-17(9-13-22)20-18(24)15-4-2-3-5-15/h15-17H,2-13H2,1H3,(H,20,24). The van der Waals surface area contributed by atoms with Gasteiger partial charge in [0, 0.05) is 51.0 Å². The molecule has 0 atom stereocenters. The van der Waals surface area contributed by atoms with Crippen molar-refractivity contribution in [2.24, 2.45) is 11.8 Å². The molecule has 6 heteroatoms. The summed E-state index contributed by atoms with van der Waals surface area (Å²) in [6, 6.07) is 0.219. The molecule has 3 fully saturated rings. The Morgan fingerprint density at radius 3 is 1.88 bits per heavy atom. The summed E-state index contributed by atoms with van der Waals surface area (Å²) in [5, 5.41) is 3.20. The lowest BCUT2D eigenvalue weighted by Gasteiger charge is -2.37. The third kappa shape index (κ3) is 4.53. The minimum Gasteiger partial charge on any atom is -0.353 e. The molecule has 0 aromatic heterocycles. The van der Waals surface area contributed by atoms with E-state index in [9.17, 15) is 14.4 Å². The van der Waals surface area contributed by atoms with Crippen LogP contribution in [0.2, 0.25) is 0 Å². The molecule has 0 bridgehead atoms. The molecule has 3 rings (SSSR count). The predicted molar refractivity (Wildman–Crippen MR) is 94.7 cm³/mol. The van der Waals surface area contributed by atoms with Crippen LogP contribution < -0.4 is 5.32 Å². The van der Waals surface area contributed by atoms with E-state index in [-0.39, 0.29) is 35.6 Å². The third-order valence-corrected chi connectivity index (χ3v) is 6.17. The Labute approximate surface area is 150 Å². The topological polar surface area (TPSA) is 69.7 Å². The Kier molecular flexibility index (Phi) is 5.97. The van der Waals surface area contributed by atoms with Crippen LogP contribution in [0.15, 0.2) is 0 Å². The monoisotopic (exact) mass is 349 g/mol. The van der Waals surface area contributed by atoms with Crippen LogP contribution in [0.5, 0.6) is 0 Å². The summed E-state index contributed by atoms with van der Waals surface area (Å²) in [7, 11) is 0. The number of rotatable bonds is 3. The molecule has 1 N–H and O–H groups in total. The maximum atomic E-state index is 12.7. The van der Waals surface area contributed by atoms with Gasteiger partial charge in [-0.3, -0.25) is 14.4 Å². The average molecular weight is 349 g/mol. The molecule has 25 heavy (non-hydrogen) atoms. The molecule has 2 heterocycles. The smallest absolute Gasteiger partial charge is 0.225 e. The van der Waals surface area contributed by atoms with Gasteiger partial charge in [-0.1, -0.05) is 12.8 Å². The van der Waals surface area contributed by atoms with Gasteiger partial charge in [0.25, 0.3) is 0 Å². The number of nitrogens with zero attached hydrogens (tertiary/aromatic N) is 2. The van der Waals surface area contributed by atoms with E-state index in [1.54, 1.807) is 6.92 Å². The van der Waals surface area contributed by atoms with Gasteiger partial charge in [-0.15, -0.1) is 0 Å². The Morgan fingerprint density at radius 2 is 1.32 bits per heavy atom. The van der Waals surface area contributed by atoms with Gasteiger partial charge in [0.05, 0.1) is 0 Å². The number of amides is 3. The van der Waals surface area contributed by atoms with E-state index >= 15 is 0 Å². The van der Waals surface area contributed by atoms with Crippen molar-refractivity contribution in [1.29, 1.82) is 0 Å². The largest absolute Gasteiger partial charge is 0.353 e. The number of piperidine rings is 2. The molecule has 140 valence electrons. The second kappa shape index (κ2) is 8.19. The number of carbonyl (C=O) groups is 3. The van der Waals surface area contributed by atoms with Crippen LogP contribution >= 0.6 is 0 Å². The SMILES string of the molecule is CC(=O)N1CCC(C(=O)N2CCC(NC(=O)C3CCCC3)CC2)CC1. The Morgan fingerprint density at radius 1 is 0.760 bits per heavy atom. The molecule has 1 aliphatic carbocycles. The fourth-order valence-electron chi connectivity index (χ4n) is 4.45. The van der Waals surface area contributed by atoms with Crippen molar-refractivity contribution < 1.29 is 14.4 Å². The lowest BCUT2D eigenvalue weighted by Crippen LogP contribution is -2.50. The van der Waals surface area contributed by atoms with Gasteiger partial charge in [0.1, 0.15) is 0 Å². The summed E-state index contributed by atoms with van der Waals surface area (Å²) in [4.78, 5) is 40.1. The minimum absolute atomic E-state index is 0.0558. The normalized spacial score (nSPS) is 23.7. The molecular formula is C19H31N3O3. The summed E-state index contributed by atoms with van der Waals surface area (Å²) in [5.74, 6) is 0.832. The number of likely N-dealkylation sites (tertiary alicyclic amines) is 2. The lowest BCUT2D eigenvalue weighted by atomic mass is 9.93. The highest BCUT2D eigenvalue weighted by Gasteiger charge is 2.32. The number of hydrogen-bond acceptors (Lipinski definition) is 3. The lowest BCUT2D eigenvalue weighted by molar-refractivity contribution is -0.141. The van der Waals surface area contributed by atoms with E-state index < -0.39 is 0 Å². The summed E-state index contributed by atoms with van der Waals surface area (Å²) in [5.41, 5.74) is 0. The molecule has 0 spiro atoms. The first-order chi connectivity index (χ1) is 12.0. The maximum Gasteiger partial charge on any atom is 0.225 e.